The molecule has 17 heavy (non-hydrogen) atoms. The predicted molar refractivity (Wildman–Crippen MR) is 70.6 cm³/mol. The van der Waals surface area contributed by atoms with Crippen LogP contribution in [-0.4, -0.2) is 9.55 Å². The average molecular weight is 231 g/mol. The Hall–Kier alpha value is -1.43. The van der Waals surface area contributed by atoms with Crippen molar-refractivity contribution in [2.24, 2.45) is 5.92 Å². The Kier molecular flexibility index (Phi) is 3.42. The van der Waals surface area contributed by atoms with Gasteiger partial charge in [-0.15, -0.1) is 6.42 Å². The van der Waals surface area contributed by atoms with Crippen molar-refractivity contribution < 1.29 is 0 Å². The molecule has 1 aliphatic carbocycles. The van der Waals surface area contributed by atoms with Crippen LogP contribution in [0.15, 0.2) is 0 Å². The van der Waals surface area contributed by atoms with Crippen LogP contribution >= 0.6 is 0 Å². The number of nitrogens with two attached hydrogens (primary N) is 1. The second-order valence-corrected chi connectivity index (χ2v) is 5.18. The van der Waals surface area contributed by atoms with E-state index in [0.29, 0.717) is 12.5 Å². The highest BCUT2D eigenvalue weighted by atomic mass is 15.1. The Labute approximate surface area is 103 Å². The topological polar surface area (TPSA) is 43.8 Å². The summed E-state index contributed by atoms with van der Waals surface area (Å²) in [7, 11) is 0. The number of aromatic nitrogens is 2. The number of hydrogen-bond acceptors (Lipinski definition) is 2. The molecule has 1 aromatic rings. The summed E-state index contributed by atoms with van der Waals surface area (Å²) < 4.78 is 1.94. The van der Waals surface area contributed by atoms with E-state index in [1.54, 1.807) is 0 Å². The molecule has 3 heteroatoms. The zero-order valence-electron chi connectivity index (χ0n) is 10.7. The van der Waals surface area contributed by atoms with Crippen molar-refractivity contribution in [1.29, 1.82) is 0 Å². The molecule has 0 radical (unpaired) electrons. The second-order valence-electron chi connectivity index (χ2n) is 5.18. The van der Waals surface area contributed by atoms with Gasteiger partial charge in [-0.05, 0) is 25.7 Å². The van der Waals surface area contributed by atoms with E-state index in [1.165, 1.54) is 25.7 Å². The van der Waals surface area contributed by atoms with Gasteiger partial charge < -0.3 is 10.3 Å². The standard InChI is InChI=1S/C14H21N3/c1-4-9-17-11(3)16-13(14(17)15)12-7-5-10(2)6-8-12/h1,10,12H,5-9,15H2,2-3H3. The van der Waals surface area contributed by atoms with E-state index in [-0.39, 0.29) is 0 Å². The van der Waals surface area contributed by atoms with Crippen molar-refractivity contribution in [2.45, 2.75) is 52.0 Å². The van der Waals surface area contributed by atoms with E-state index in [2.05, 4.69) is 17.8 Å². The molecule has 1 heterocycles. The summed E-state index contributed by atoms with van der Waals surface area (Å²) in [5.41, 5.74) is 7.23. The van der Waals surface area contributed by atoms with Crippen LogP contribution in [0, 0.1) is 25.2 Å². The first kappa shape index (κ1) is 12.0. The molecule has 92 valence electrons. The summed E-state index contributed by atoms with van der Waals surface area (Å²) in [6.45, 7) is 4.82. The SMILES string of the molecule is C#CCn1c(C)nc(C2CCC(C)CC2)c1N. The molecule has 0 aliphatic heterocycles. The van der Waals surface area contributed by atoms with E-state index in [9.17, 15) is 0 Å². The van der Waals surface area contributed by atoms with Gasteiger partial charge in [-0.25, -0.2) is 4.98 Å². The number of nitrogen functional groups attached to an aromatic ring is 1. The molecule has 1 aromatic heterocycles. The highest BCUT2D eigenvalue weighted by molar-refractivity contribution is 5.41. The van der Waals surface area contributed by atoms with Crippen LogP contribution in [0.1, 0.15) is 50.0 Å². The summed E-state index contributed by atoms with van der Waals surface area (Å²) in [4.78, 5) is 4.62. The molecule has 0 spiro atoms. The largest absolute Gasteiger partial charge is 0.384 e. The summed E-state index contributed by atoms with van der Waals surface area (Å²) in [6.07, 6.45) is 10.3. The first-order valence-corrected chi connectivity index (χ1v) is 6.39. The fraction of sp³-hybridized carbons (Fsp3) is 0.643. The predicted octanol–water partition coefficient (Wildman–Crippen LogP) is 2.70. The van der Waals surface area contributed by atoms with Crippen LogP contribution in [-0.2, 0) is 6.54 Å². The van der Waals surface area contributed by atoms with E-state index in [4.69, 9.17) is 12.2 Å². The smallest absolute Gasteiger partial charge is 0.127 e. The molecule has 2 N–H and O–H groups in total. The van der Waals surface area contributed by atoms with Gasteiger partial charge in [0.05, 0.1) is 12.2 Å². The molecule has 0 bridgehead atoms. The first-order valence-electron chi connectivity index (χ1n) is 6.39. The molecule has 1 aliphatic rings. The number of terminal acetylenes is 1. The molecular weight excluding hydrogens is 210 g/mol. The van der Waals surface area contributed by atoms with Crippen LogP contribution in [0.4, 0.5) is 5.82 Å². The van der Waals surface area contributed by atoms with Crippen molar-refractivity contribution in [1.82, 2.24) is 9.55 Å². The van der Waals surface area contributed by atoms with Gasteiger partial charge in [0.2, 0.25) is 0 Å². The Morgan fingerprint density at radius 1 is 1.41 bits per heavy atom. The number of imidazole rings is 1. The maximum absolute atomic E-state index is 6.16. The van der Waals surface area contributed by atoms with Crippen molar-refractivity contribution in [2.75, 3.05) is 5.73 Å². The average Bonchev–Trinajstić information content (AvgIpc) is 2.59. The van der Waals surface area contributed by atoms with E-state index >= 15 is 0 Å². The molecule has 0 saturated heterocycles. The van der Waals surface area contributed by atoms with Crippen LogP contribution in [0.25, 0.3) is 0 Å². The van der Waals surface area contributed by atoms with Gasteiger partial charge >= 0.3 is 0 Å². The van der Waals surface area contributed by atoms with Crippen molar-refractivity contribution >= 4 is 5.82 Å². The lowest BCUT2D eigenvalue weighted by molar-refractivity contribution is 0.345. The zero-order chi connectivity index (χ0) is 12.4. The van der Waals surface area contributed by atoms with Gasteiger partial charge in [-0.3, -0.25) is 0 Å². The minimum Gasteiger partial charge on any atom is -0.384 e. The monoisotopic (exact) mass is 231 g/mol. The number of aryl methyl sites for hydroxylation is 1. The molecule has 3 nitrogen and oxygen atoms in total. The summed E-state index contributed by atoms with van der Waals surface area (Å²) in [5.74, 6) is 5.73. The molecule has 1 fully saturated rings. The Morgan fingerprint density at radius 2 is 2.06 bits per heavy atom. The van der Waals surface area contributed by atoms with Crippen LogP contribution in [0.3, 0.4) is 0 Å². The summed E-state index contributed by atoms with van der Waals surface area (Å²) in [6, 6.07) is 0. The lowest BCUT2D eigenvalue weighted by Gasteiger charge is -2.25. The van der Waals surface area contributed by atoms with Crippen molar-refractivity contribution in [3.63, 3.8) is 0 Å². The van der Waals surface area contributed by atoms with E-state index in [0.717, 1.165) is 23.3 Å². The molecule has 2 rings (SSSR count). The number of hydrogen-bond donors (Lipinski definition) is 1. The molecule has 0 aromatic carbocycles. The first-order chi connectivity index (χ1) is 8.13. The Morgan fingerprint density at radius 3 is 2.65 bits per heavy atom. The zero-order valence-corrected chi connectivity index (χ0v) is 10.7. The lowest BCUT2D eigenvalue weighted by Crippen LogP contribution is -2.13. The second kappa shape index (κ2) is 4.83. The summed E-state index contributed by atoms with van der Waals surface area (Å²) in [5, 5.41) is 0. The molecular formula is C14H21N3. The van der Waals surface area contributed by atoms with Crippen molar-refractivity contribution in [3.8, 4) is 12.3 Å². The van der Waals surface area contributed by atoms with Crippen molar-refractivity contribution in [3.05, 3.63) is 11.5 Å². The highest BCUT2D eigenvalue weighted by Crippen LogP contribution is 2.37. The Balaban J connectivity index is 2.22. The normalized spacial score (nSPS) is 24.5. The molecule has 0 unspecified atom stereocenters. The maximum Gasteiger partial charge on any atom is 0.127 e. The number of nitrogens with zero attached hydrogens (tertiary/aromatic N) is 2. The highest BCUT2D eigenvalue weighted by Gasteiger charge is 2.25. The quantitative estimate of drug-likeness (QED) is 0.795. The van der Waals surface area contributed by atoms with E-state index < -0.39 is 0 Å². The number of rotatable bonds is 2. The molecule has 0 atom stereocenters. The van der Waals surface area contributed by atoms with Gasteiger partial charge in [-0.2, -0.15) is 0 Å². The lowest BCUT2D eigenvalue weighted by atomic mass is 9.81. The van der Waals surface area contributed by atoms with Gasteiger partial charge in [0.25, 0.3) is 0 Å². The third kappa shape index (κ3) is 2.31. The van der Waals surface area contributed by atoms with Crippen LogP contribution in [0.2, 0.25) is 0 Å². The minimum absolute atomic E-state index is 0.522. The molecule has 0 amide bonds. The fourth-order valence-corrected chi connectivity index (χ4v) is 2.73. The third-order valence-electron chi connectivity index (χ3n) is 3.88. The van der Waals surface area contributed by atoms with Gasteiger partial charge in [-0.1, -0.05) is 25.7 Å². The molecule has 1 saturated carbocycles. The minimum atomic E-state index is 0.522. The van der Waals surface area contributed by atoms with Gasteiger partial charge in [0, 0.05) is 5.92 Å². The third-order valence-corrected chi connectivity index (χ3v) is 3.88. The Bertz CT molecular complexity index is 431. The van der Waals surface area contributed by atoms with Crippen LogP contribution < -0.4 is 5.73 Å². The summed E-state index contributed by atoms with van der Waals surface area (Å²) >= 11 is 0. The van der Waals surface area contributed by atoms with Crippen LogP contribution in [0.5, 0.6) is 0 Å². The number of anilines is 1. The fourth-order valence-electron chi connectivity index (χ4n) is 2.73. The van der Waals surface area contributed by atoms with E-state index in [1.807, 2.05) is 11.5 Å². The van der Waals surface area contributed by atoms with Gasteiger partial charge in [0.15, 0.2) is 0 Å². The van der Waals surface area contributed by atoms with Gasteiger partial charge in [0.1, 0.15) is 11.6 Å². The maximum atomic E-state index is 6.16.